The maximum atomic E-state index is 12.0. The molecule has 0 saturated carbocycles. The minimum absolute atomic E-state index is 0.121. The molecule has 2 aromatic carbocycles. The molecule has 2 aromatic rings. The maximum Gasteiger partial charge on any atom is 0.243 e. The van der Waals surface area contributed by atoms with Crippen molar-refractivity contribution in [2.75, 3.05) is 23.8 Å². The number of hydrogen-bond donors (Lipinski definition) is 2. The quantitative estimate of drug-likeness (QED) is 0.679. The van der Waals surface area contributed by atoms with E-state index in [1.54, 1.807) is 18.2 Å². The first-order valence-electron chi connectivity index (χ1n) is 7.29. The Hall–Kier alpha value is -2.17. The third kappa shape index (κ3) is 6.14. The summed E-state index contributed by atoms with van der Waals surface area (Å²) < 4.78 is 5.52. The summed E-state index contributed by atoms with van der Waals surface area (Å²) in [6.07, 6.45) is 0. The van der Waals surface area contributed by atoms with Crippen LogP contribution >= 0.6 is 23.2 Å². The molecule has 0 fully saturated rings. The molecule has 0 unspecified atom stereocenters. The van der Waals surface area contributed by atoms with Gasteiger partial charge in [0.25, 0.3) is 0 Å². The Morgan fingerprint density at radius 3 is 2.29 bits per heavy atom. The van der Waals surface area contributed by atoms with Crippen molar-refractivity contribution >= 4 is 40.5 Å². The molecule has 1 amide bonds. The molecule has 0 bridgehead atoms. The standard InChI is InChI=1S/C18H18Cl2N2O2/c1-12(2)11-24-17-5-3-15(4-6-17)21-10-18(23)22-16-8-13(19)7-14(20)9-16/h3-9,21H,1,10-11H2,2H3,(H,22,23). The van der Waals surface area contributed by atoms with Crippen LogP contribution in [0.4, 0.5) is 11.4 Å². The Labute approximate surface area is 151 Å². The maximum absolute atomic E-state index is 12.0. The van der Waals surface area contributed by atoms with Crippen LogP contribution in [0.15, 0.2) is 54.6 Å². The number of rotatable bonds is 7. The van der Waals surface area contributed by atoms with Crippen molar-refractivity contribution in [2.24, 2.45) is 0 Å². The zero-order chi connectivity index (χ0) is 17.5. The molecule has 0 aliphatic rings. The van der Waals surface area contributed by atoms with Crippen molar-refractivity contribution in [3.05, 3.63) is 64.7 Å². The van der Waals surface area contributed by atoms with Crippen LogP contribution in [0.25, 0.3) is 0 Å². The van der Waals surface area contributed by atoms with Crippen LogP contribution in [-0.4, -0.2) is 19.1 Å². The van der Waals surface area contributed by atoms with Crippen LogP contribution in [0.5, 0.6) is 5.75 Å². The van der Waals surface area contributed by atoms with Gasteiger partial charge < -0.3 is 15.4 Å². The molecule has 0 spiro atoms. The second-order valence-corrected chi connectivity index (χ2v) is 6.20. The molecule has 126 valence electrons. The fourth-order valence-corrected chi connectivity index (χ4v) is 2.42. The van der Waals surface area contributed by atoms with Gasteiger partial charge in [0.2, 0.25) is 5.91 Å². The van der Waals surface area contributed by atoms with E-state index in [4.69, 9.17) is 27.9 Å². The van der Waals surface area contributed by atoms with Gasteiger partial charge in [-0.25, -0.2) is 0 Å². The van der Waals surface area contributed by atoms with E-state index in [2.05, 4.69) is 17.2 Å². The lowest BCUT2D eigenvalue weighted by Crippen LogP contribution is -2.21. The van der Waals surface area contributed by atoms with Crippen molar-refractivity contribution in [3.8, 4) is 5.75 Å². The highest BCUT2D eigenvalue weighted by atomic mass is 35.5. The summed E-state index contributed by atoms with van der Waals surface area (Å²) in [5.41, 5.74) is 2.33. The summed E-state index contributed by atoms with van der Waals surface area (Å²) in [4.78, 5) is 12.0. The highest BCUT2D eigenvalue weighted by molar-refractivity contribution is 6.35. The number of halogens is 2. The number of carbonyl (C=O) groups excluding carboxylic acids is 1. The van der Waals surface area contributed by atoms with E-state index < -0.39 is 0 Å². The van der Waals surface area contributed by atoms with Gasteiger partial charge in [0.05, 0.1) is 6.54 Å². The SMILES string of the molecule is C=C(C)COc1ccc(NCC(=O)Nc2cc(Cl)cc(Cl)c2)cc1. The molecule has 0 aromatic heterocycles. The van der Waals surface area contributed by atoms with Crippen molar-refractivity contribution in [1.29, 1.82) is 0 Å². The van der Waals surface area contributed by atoms with Gasteiger partial charge in [-0.05, 0) is 55.0 Å². The van der Waals surface area contributed by atoms with Crippen molar-refractivity contribution in [1.82, 2.24) is 0 Å². The number of nitrogens with one attached hydrogen (secondary N) is 2. The predicted octanol–water partition coefficient (Wildman–Crippen LogP) is 5.00. The number of amides is 1. The van der Waals surface area contributed by atoms with E-state index in [0.29, 0.717) is 22.3 Å². The monoisotopic (exact) mass is 364 g/mol. The second kappa shape index (κ2) is 8.62. The van der Waals surface area contributed by atoms with Crippen LogP contribution in [0.2, 0.25) is 10.0 Å². The van der Waals surface area contributed by atoms with Crippen LogP contribution < -0.4 is 15.4 Å². The number of anilines is 2. The molecule has 0 aliphatic carbocycles. The number of carbonyl (C=O) groups is 1. The molecular weight excluding hydrogens is 347 g/mol. The van der Waals surface area contributed by atoms with Crippen molar-refractivity contribution in [3.63, 3.8) is 0 Å². The first kappa shape index (κ1) is 18.2. The highest BCUT2D eigenvalue weighted by Gasteiger charge is 2.04. The van der Waals surface area contributed by atoms with Crippen molar-refractivity contribution in [2.45, 2.75) is 6.92 Å². The van der Waals surface area contributed by atoms with Crippen LogP contribution in [-0.2, 0) is 4.79 Å². The molecule has 0 atom stereocenters. The third-order valence-electron chi connectivity index (χ3n) is 2.94. The van der Waals surface area contributed by atoms with E-state index in [-0.39, 0.29) is 12.5 Å². The smallest absolute Gasteiger partial charge is 0.243 e. The zero-order valence-electron chi connectivity index (χ0n) is 13.2. The van der Waals surface area contributed by atoms with Gasteiger partial charge in [-0.2, -0.15) is 0 Å². The topological polar surface area (TPSA) is 50.4 Å². The molecule has 0 heterocycles. The van der Waals surface area contributed by atoms with E-state index >= 15 is 0 Å². The lowest BCUT2D eigenvalue weighted by Gasteiger charge is -2.10. The first-order valence-corrected chi connectivity index (χ1v) is 8.05. The fourth-order valence-electron chi connectivity index (χ4n) is 1.89. The molecule has 4 nitrogen and oxygen atoms in total. The first-order chi connectivity index (χ1) is 11.4. The molecule has 24 heavy (non-hydrogen) atoms. The van der Waals surface area contributed by atoms with E-state index in [1.807, 2.05) is 31.2 Å². The van der Waals surface area contributed by atoms with Crippen molar-refractivity contribution < 1.29 is 9.53 Å². The Bertz CT molecular complexity index is 710. The van der Waals surface area contributed by atoms with Gasteiger partial charge in [0, 0.05) is 21.4 Å². The highest BCUT2D eigenvalue weighted by Crippen LogP contribution is 2.22. The van der Waals surface area contributed by atoms with Crippen LogP contribution in [0, 0.1) is 0 Å². The average Bonchev–Trinajstić information content (AvgIpc) is 2.51. The van der Waals surface area contributed by atoms with Crippen LogP contribution in [0.1, 0.15) is 6.92 Å². The molecule has 6 heteroatoms. The lowest BCUT2D eigenvalue weighted by atomic mass is 10.3. The lowest BCUT2D eigenvalue weighted by molar-refractivity contribution is -0.114. The summed E-state index contributed by atoms with van der Waals surface area (Å²) in [7, 11) is 0. The van der Waals surface area contributed by atoms with E-state index in [0.717, 1.165) is 17.0 Å². The summed E-state index contributed by atoms with van der Waals surface area (Å²) in [5, 5.41) is 6.71. The number of benzene rings is 2. The van der Waals surface area contributed by atoms with Gasteiger partial charge in [0.15, 0.2) is 0 Å². The average molecular weight is 365 g/mol. The Kier molecular flexibility index (Phi) is 6.53. The molecular formula is C18H18Cl2N2O2. The molecule has 2 rings (SSSR count). The summed E-state index contributed by atoms with van der Waals surface area (Å²) in [6, 6.07) is 12.2. The summed E-state index contributed by atoms with van der Waals surface area (Å²) >= 11 is 11.8. The number of ether oxygens (including phenoxy) is 1. The molecule has 2 N–H and O–H groups in total. The van der Waals surface area contributed by atoms with Crippen LogP contribution in [0.3, 0.4) is 0 Å². The third-order valence-corrected chi connectivity index (χ3v) is 3.38. The Morgan fingerprint density at radius 2 is 1.71 bits per heavy atom. The fraction of sp³-hybridized carbons (Fsp3) is 0.167. The molecule has 0 saturated heterocycles. The normalized spacial score (nSPS) is 10.1. The van der Waals surface area contributed by atoms with E-state index in [1.165, 1.54) is 0 Å². The summed E-state index contributed by atoms with van der Waals surface area (Å²) in [5.74, 6) is 0.553. The molecule has 0 aliphatic heterocycles. The molecule has 0 radical (unpaired) electrons. The Balaban J connectivity index is 1.84. The predicted molar refractivity (Wildman–Crippen MR) is 100 cm³/mol. The van der Waals surface area contributed by atoms with E-state index in [9.17, 15) is 4.79 Å². The van der Waals surface area contributed by atoms with Gasteiger partial charge in [-0.3, -0.25) is 4.79 Å². The second-order valence-electron chi connectivity index (χ2n) is 5.33. The van der Waals surface area contributed by atoms with Gasteiger partial charge in [-0.15, -0.1) is 0 Å². The largest absolute Gasteiger partial charge is 0.489 e. The van der Waals surface area contributed by atoms with Gasteiger partial charge in [-0.1, -0.05) is 29.8 Å². The minimum Gasteiger partial charge on any atom is -0.489 e. The van der Waals surface area contributed by atoms with Gasteiger partial charge in [0.1, 0.15) is 12.4 Å². The zero-order valence-corrected chi connectivity index (χ0v) is 14.7. The Morgan fingerprint density at radius 1 is 1.08 bits per heavy atom. The number of hydrogen-bond acceptors (Lipinski definition) is 3. The van der Waals surface area contributed by atoms with Gasteiger partial charge >= 0.3 is 0 Å². The minimum atomic E-state index is -0.198. The summed E-state index contributed by atoms with van der Waals surface area (Å²) in [6.45, 7) is 6.29.